The number of aromatic nitrogens is 2. The number of carbonyl (C=O) groups excluding carboxylic acids is 1. The maximum absolute atomic E-state index is 11.9. The van der Waals surface area contributed by atoms with Gasteiger partial charge < -0.3 is 9.64 Å². The van der Waals surface area contributed by atoms with Crippen LogP contribution in [-0.4, -0.2) is 82.9 Å². The number of nitrogens with zero attached hydrogens (tertiary/aromatic N) is 4. The minimum Gasteiger partial charge on any atom is -0.450 e. The summed E-state index contributed by atoms with van der Waals surface area (Å²) in [6.45, 7) is 8.64. The smallest absolute Gasteiger partial charge is 0.409 e. The maximum Gasteiger partial charge on any atom is 0.409 e. The van der Waals surface area contributed by atoms with Crippen molar-refractivity contribution in [2.24, 2.45) is 0 Å². The van der Waals surface area contributed by atoms with Crippen molar-refractivity contribution in [2.45, 2.75) is 32.4 Å². The van der Waals surface area contributed by atoms with Gasteiger partial charge in [0.2, 0.25) is 0 Å². The quantitative estimate of drug-likeness (QED) is 0.785. The number of piperazine rings is 1. The number of aromatic amines is 1. The summed E-state index contributed by atoms with van der Waals surface area (Å²) in [5.41, 5.74) is 3.39. The molecule has 7 nitrogen and oxygen atoms in total. The Hall–Kier alpha value is -2.09. The molecule has 162 valence electrons. The zero-order valence-corrected chi connectivity index (χ0v) is 18.3. The summed E-state index contributed by atoms with van der Waals surface area (Å²) >= 11 is 6.03. The average molecular weight is 432 g/mol. The van der Waals surface area contributed by atoms with E-state index in [1.165, 1.54) is 18.4 Å². The third-order valence-corrected chi connectivity index (χ3v) is 6.33. The Bertz CT molecular complexity index is 832. The van der Waals surface area contributed by atoms with Gasteiger partial charge in [-0.3, -0.25) is 14.9 Å². The van der Waals surface area contributed by atoms with Crippen LogP contribution in [0.2, 0.25) is 5.02 Å². The highest BCUT2D eigenvalue weighted by molar-refractivity contribution is 6.30. The molecule has 4 rings (SSSR count). The molecule has 2 aliphatic heterocycles. The molecule has 1 aromatic carbocycles. The number of benzene rings is 1. The molecule has 2 aliphatic rings. The lowest BCUT2D eigenvalue weighted by Gasteiger charge is -2.43. The Morgan fingerprint density at radius 2 is 1.97 bits per heavy atom. The summed E-state index contributed by atoms with van der Waals surface area (Å²) < 4.78 is 5.14. The van der Waals surface area contributed by atoms with E-state index in [1.54, 1.807) is 0 Å². The first-order valence-electron chi connectivity index (χ1n) is 10.8. The van der Waals surface area contributed by atoms with Crippen molar-refractivity contribution in [1.82, 2.24) is 24.9 Å². The summed E-state index contributed by atoms with van der Waals surface area (Å²) in [5.74, 6) is 0. The summed E-state index contributed by atoms with van der Waals surface area (Å²) in [5, 5.41) is 8.18. The van der Waals surface area contributed by atoms with Crippen LogP contribution < -0.4 is 0 Å². The average Bonchev–Trinajstić information content (AvgIpc) is 3.23. The van der Waals surface area contributed by atoms with Crippen molar-refractivity contribution in [3.8, 4) is 11.3 Å². The number of amides is 1. The Labute approximate surface area is 182 Å². The van der Waals surface area contributed by atoms with Crippen molar-refractivity contribution >= 4 is 17.7 Å². The number of piperidine rings is 1. The van der Waals surface area contributed by atoms with E-state index in [2.05, 4.69) is 20.0 Å². The standard InChI is InChI=1S/C22H30ClN5O2/c1-2-30-22(29)28-12-10-27(11-13-28)20-4-3-9-26(16-20)15-18-14-24-25-21(18)17-5-7-19(23)8-6-17/h5-8,14,20H,2-4,9-13,15-16H2,1H3,(H,24,25)/t20-/m1/s1. The van der Waals surface area contributed by atoms with E-state index in [0.717, 1.165) is 62.1 Å². The van der Waals surface area contributed by atoms with Crippen LogP contribution in [0.1, 0.15) is 25.3 Å². The van der Waals surface area contributed by atoms with E-state index in [9.17, 15) is 4.79 Å². The fraction of sp³-hybridized carbons (Fsp3) is 0.545. The molecule has 3 heterocycles. The Balaban J connectivity index is 1.34. The van der Waals surface area contributed by atoms with Crippen LogP contribution >= 0.6 is 11.6 Å². The highest BCUT2D eigenvalue weighted by atomic mass is 35.5. The Morgan fingerprint density at radius 1 is 1.20 bits per heavy atom. The van der Waals surface area contributed by atoms with E-state index in [0.29, 0.717) is 12.6 Å². The number of H-pyrrole nitrogens is 1. The highest BCUT2D eigenvalue weighted by Crippen LogP contribution is 2.26. The van der Waals surface area contributed by atoms with Gasteiger partial charge in [0, 0.05) is 55.9 Å². The predicted molar refractivity (Wildman–Crippen MR) is 118 cm³/mol. The van der Waals surface area contributed by atoms with E-state index in [4.69, 9.17) is 16.3 Å². The normalized spacial score (nSPS) is 21.0. The first-order valence-corrected chi connectivity index (χ1v) is 11.2. The minimum atomic E-state index is -0.183. The third-order valence-electron chi connectivity index (χ3n) is 6.08. The van der Waals surface area contributed by atoms with Crippen molar-refractivity contribution in [2.75, 3.05) is 45.9 Å². The van der Waals surface area contributed by atoms with Crippen LogP contribution in [-0.2, 0) is 11.3 Å². The zero-order chi connectivity index (χ0) is 20.9. The molecule has 30 heavy (non-hydrogen) atoms. The molecule has 1 N–H and O–H groups in total. The number of hydrogen-bond acceptors (Lipinski definition) is 5. The molecular formula is C22H30ClN5O2. The lowest BCUT2D eigenvalue weighted by molar-refractivity contribution is 0.0413. The van der Waals surface area contributed by atoms with Crippen LogP contribution in [0.15, 0.2) is 30.5 Å². The van der Waals surface area contributed by atoms with Gasteiger partial charge in [0.25, 0.3) is 0 Å². The maximum atomic E-state index is 11.9. The van der Waals surface area contributed by atoms with Gasteiger partial charge >= 0.3 is 6.09 Å². The summed E-state index contributed by atoms with van der Waals surface area (Å²) in [6.07, 6.45) is 4.16. The van der Waals surface area contributed by atoms with Gasteiger partial charge in [0.05, 0.1) is 18.5 Å². The Kier molecular flexibility index (Phi) is 6.92. The lowest BCUT2D eigenvalue weighted by atomic mass is 10.0. The number of rotatable bonds is 5. The number of ether oxygens (including phenoxy) is 1. The summed E-state index contributed by atoms with van der Waals surface area (Å²) in [6, 6.07) is 8.42. The monoisotopic (exact) mass is 431 g/mol. The van der Waals surface area contributed by atoms with Crippen LogP contribution in [0.4, 0.5) is 4.79 Å². The number of carbonyl (C=O) groups is 1. The molecule has 0 aliphatic carbocycles. The van der Waals surface area contributed by atoms with Gasteiger partial charge in [0.15, 0.2) is 0 Å². The molecule has 2 saturated heterocycles. The van der Waals surface area contributed by atoms with E-state index in [1.807, 2.05) is 42.3 Å². The minimum absolute atomic E-state index is 0.183. The zero-order valence-electron chi connectivity index (χ0n) is 17.5. The second-order valence-corrected chi connectivity index (χ2v) is 8.47. The topological polar surface area (TPSA) is 64.7 Å². The number of halogens is 1. The molecule has 1 amide bonds. The van der Waals surface area contributed by atoms with E-state index >= 15 is 0 Å². The predicted octanol–water partition coefficient (Wildman–Crippen LogP) is 3.47. The largest absolute Gasteiger partial charge is 0.450 e. The molecule has 0 spiro atoms. The fourth-order valence-corrected chi connectivity index (χ4v) is 4.62. The van der Waals surface area contributed by atoms with Gasteiger partial charge in [0.1, 0.15) is 0 Å². The molecule has 1 aromatic heterocycles. The molecule has 0 unspecified atom stereocenters. The number of nitrogens with one attached hydrogen (secondary N) is 1. The second-order valence-electron chi connectivity index (χ2n) is 8.03. The molecule has 0 saturated carbocycles. The van der Waals surface area contributed by atoms with E-state index < -0.39 is 0 Å². The molecule has 2 aromatic rings. The lowest BCUT2D eigenvalue weighted by Crippen LogP contribution is -2.55. The Morgan fingerprint density at radius 3 is 2.70 bits per heavy atom. The van der Waals surface area contributed by atoms with Crippen LogP contribution in [0.25, 0.3) is 11.3 Å². The van der Waals surface area contributed by atoms with Crippen molar-refractivity contribution < 1.29 is 9.53 Å². The van der Waals surface area contributed by atoms with Gasteiger partial charge in [-0.15, -0.1) is 0 Å². The van der Waals surface area contributed by atoms with Gasteiger partial charge in [-0.25, -0.2) is 4.79 Å². The summed E-state index contributed by atoms with van der Waals surface area (Å²) in [4.78, 5) is 18.8. The van der Waals surface area contributed by atoms with Gasteiger partial charge in [-0.2, -0.15) is 5.10 Å². The SMILES string of the molecule is CCOC(=O)N1CCN([C@@H]2CCCN(Cc3cn[nH]c3-c3ccc(Cl)cc3)C2)CC1. The number of hydrogen-bond donors (Lipinski definition) is 1. The van der Waals surface area contributed by atoms with Gasteiger partial charge in [-0.05, 0) is 44.0 Å². The van der Waals surface area contributed by atoms with Crippen molar-refractivity contribution in [3.05, 3.63) is 41.0 Å². The molecule has 0 bridgehead atoms. The van der Waals surface area contributed by atoms with E-state index in [-0.39, 0.29) is 6.09 Å². The van der Waals surface area contributed by atoms with Crippen LogP contribution in [0, 0.1) is 0 Å². The summed E-state index contributed by atoms with van der Waals surface area (Å²) in [7, 11) is 0. The third kappa shape index (κ3) is 4.96. The first-order chi connectivity index (χ1) is 14.6. The molecule has 0 radical (unpaired) electrons. The van der Waals surface area contributed by atoms with Crippen molar-refractivity contribution in [1.29, 1.82) is 0 Å². The number of likely N-dealkylation sites (tertiary alicyclic amines) is 1. The first kappa shape index (κ1) is 21.2. The molecular weight excluding hydrogens is 402 g/mol. The second kappa shape index (κ2) is 9.81. The van der Waals surface area contributed by atoms with Crippen LogP contribution in [0.3, 0.4) is 0 Å². The fourth-order valence-electron chi connectivity index (χ4n) is 4.50. The highest BCUT2D eigenvalue weighted by Gasteiger charge is 2.30. The molecule has 8 heteroatoms. The van der Waals surface area contributed by atoms with Gasteiger partial charge in [-0.1, -0.05) is 23.7 Å². The molecule has 1 atom stereocenters. The van der Waals surface area contributed by atoms with Crippen molar-refractivity contribution in [3.63, 3.8) is 0 Å². The van der Waals surface area contributed by atoms with Crippen LogP contribution in [0.5, 0.6) is 0 Å². The molecule has 2 fully saturated rings.